The van der Waals surface area contributed by atoms with Crippen LogP contribution in [0.2, 0.25) is 0 Å². The number of nitrogens with one attached hydrogen (secondary N) is 1. The van der Waals surface area contributed by atoms with Crippen LogP contribution in [0.25, 0.3) is 0 Å². The molecular formula is C11H18Cl3N. The third-order valence-corrected chi connectivity index (χ3v) is 1.17. The van der Waals surface area contributed by atoms with E-state index in [9.17, 15) is 0 Å². The molecule has 1 aromatic carbocycles. The molecule has 0 radical (unpaired) electrons. The predicted octanol–water partition coefficient (Wildman–Crippen LogP) is 4.29. The van der Waals surface area contributed by atoms with Gasteiger partial charge in [0.25, 0.3) is 0 Å². The van der Waals surface area contributed by atoms with E-state index in [4.69, 9.17) is 34.8 Å². The second-order valence-electron chi connectivity index (χ2n) is 2.36. The van der Waals surface area contributed by atoms with E-state index in [2.05, 4.69) is 19.2 Å². The second-order valence-corrected chi connectivity index (χ2v) is 4.34. The molecule has 1 N–H and O–H groups in total. The summed E-state index contributed by atoms with van der Waals surface area (Å²) in [6.45, 7) is 6.39. The highest BCUT2D eigenvalue weighted by Crippen LogP contribution is 2.03. The van der Waals surface area contributed by atoms with Gasteiger partial charge in [-0.3, -0.25) is 0 Å². The summed E-state index contributed by atoms with van der Waals surface area (Å²) in [5, 5.41) is 3.11. The first-order chi connectivity index (χ1) is 7.15. The minimum absolute atomic E-state index is 0.750. The molecule has 0 fully saturated rings. The van der Waals surface area contributed by atoms with Crippen LogP contribution in [0.4, 0.5) is 0 Å². The molecule has 0 aliphatic heterocycles. The molecule has 0 amide bonds. The monoisotopic (exact) mass is 269 g/mol. The molecule has 0 unspecified atom stereocenters. The molecule has 1 aromatic rings. The van der Waals surface area contributed by atoms with E-state index in [-0.39, 0.29) is 0 Å². The SMILES string of the molecule is CCNCC.ClC(Cl)Cl.c1ccccc1. The third kappa shape index (κ3) is 31.5. The van der Waals surface area contributed by atoms with Crippen molar-refractivity contribution in [3.8, 4) is 0 Å². The first-order valence-electron chi connectivity index (χ1n) is 4.78. The average Bonchev–Trinajstić information content (AvgIpc) is 2.22. The van der Waals surface area contributed by atoms with Gasteiger partial charge in [0, 0.05) is 0 Å². The van der Waals surface area contributed by atoms with Crippen LogP contribution in [-0.2, 0) is 0 Å². The Morgan fingerprint density at radius 2 is 1.00 bits per heavy atom. The van der Waals surface area contributed by atoms with Crippen LogP contribution in [0, 0.1) is 0 Å². The highest BCUT2D eigenvalue weighted by Gasteiger charge is 1.78. The summed E-state index contributed by atoms with van der Waals surface area (Å²) in [6, 6.07) is 12.0. The zero-order valence-electron chi connectivity index (χ0n) is 9.09. The summed E-state index contributed by atoms with van der Waals surface area (Å²) in [5.74, 6) is 0. The molecule has 1 nitrogen and oxygen atoms in total. The lowest BCUT2D eigenvalue weighted by Crippen LogP contribution is -2.09. The maximum Gasteiger partial charge on any atom is 0.180 e. The van der Waals surface area contributed by atoms with Gasteiger partial charge in [-0.2, -0.15) is 0 Å². The van der Waals surface area contributed by atoms with Crippen molar-refractivity contribution in [1.82, 2.24) is 5.32 Å². The summed E-state index contributed by atoms with van der Waals surface area (Å²) in [6.07, 6.45) is 0. The van der Waals surface area contributed by atoms with Crippen molar-refractivity contribution in [2.24, 2.45) is 0 Å². The fourth-order valence-corrected chi connectivity index (χ4v) is 0.635. The van der Waals surface area contributed by atoms with Gasteiger partial charge in [-0.05, 0) is 13.1 Å². The summed E-state index contributed by atoms with van der Waals surface area (Å²) in [7, 11) is 0. The molecule has 0 aromatic heterocycles. The van der Waals surface area contributed by atoms with E-state index in [1.807, 2.05) is 36.4 Å². The van der Waals surface area contributed by atoms with Crippen LogP contribution in [0.5, 0.6) is 0 Å². The molecular weight excluding hydrogens is 252 g/mol. The van der Waals surface area contributed by atoms with Crippen LogP contribution in [0.3, 0.4) is 0 Å². The van der Waals surface area contributed by atoms with Gasteiger partial charge in [0.15, 0.2) is 4.30 Å². The van der Waals surface area contributed by atoms with Gasteiger partial charge < -0.3 is 5.32 Å². The quantitative estimate of drug-likeness (QED) is 0.791. The smallest absolute Gasteiger partial charge is 0.180 e. The molecule has 0 bridgehead atoms. The van der Waals surface area contributed by atoms with Crippen LogP contribution < -0.4 is 5.32 Å². The Hall–Kier alpha value is 0.0500. The predicted molar refractivity (Wildman–Crippen MR) is 72.0 cm³/mol. The van der Waals surface area contributed by atoms with Crippen molar-refractivity contribution < 1.29 is 0 Å². The first kappa shape index (κ1) is 17.4. The molecule has 0 saturated heterocycles. The summed E-state index contributed by atoms with van der Waals surface area (Å²) >= 11 is 14.4. The molecule has 0 aliphatic rings. The summed E-state index contributed by atoms with van der Waals surface area (Å²) in [4.78, 5) is 0. The lowest BCUT2D eigenvalue weighted by atomic mass is 10.4. The molecule has 0 atom stereocenters. The van der Waals surface area contributed by atoms with Crippen molar-refractivity contribution in [2.75, 3.05) is 13.1 Å². The Labute approximate surface area is 108 Å². The molecule has 0 heterocycles. The molecule has 4 heteroatoms. The minimum Gasteiger partial charge on any atom is -0.317 e. The zero-order valence-corrected chi connectivity index (χ0v) is 11.4. The van der Waals surface area contributed by atoms with Crippen molar-refractivity contribution in [3.63, 3.8) is 0 Å². The third-order valence-electron chi connectivity index (χ3n) is 1.17. The van der Waals surface area contributed by atoms with Crippen molar-refractivity contribution in [2.45, 2.75) is 18.1 Å². The van der Waals surface area contributed by atoms with E-state index < -0.39 is 4.30 Å². The molecule has 0 spiro atoms. The number of halogens is 3. The number of hydrogen-bond donors (Lipinski definition) is 1. The van der Waals surface area contributed by atoms with Gasteiger partial charge in [0.1, 0.15) is 0 Å². The van der Waals surface area contributed by atoms with Gasteiger partial charge in [0.2, 0.25) is 0 Å². The number of benzene rings is 1. The summed E-state index contributed by atoms with van der Waals surface area (Å²) in [5.41, 5.74) is 0. The van der Waals surface area contributed by atoms with Gasteiger partial charge in [-0.15, -0.1) is 0 Å². The Kier molecular flexibility index (Phi) is 19.2. The lowest BCUT2D eigenvalue weighted by Gasteiger charge is -1.86. The van der Waals surface area contributed by atoms with E-state index in [1.165, 1.54) is 0 Å². The van der Waals surface area contributed by atoms with E-state index >= 15 is 0 Å². The maximum atomic E-state index is 4.81. The van der Waals surface area contributed by atoms with Gasteiger partial charge in [0.05, 0.1) is 0 Å². The Bertz CT molecular complexity index is 149. The van der Waals surface area contributed by atoms with E-state index in [0.29, 0.717) is 0 Å². The van der Waals surface area contributed by atoms with Crippen LogP contribution in [0.15, 0.2) is 36.4 Å². The van der Waals surface area contributed by atoms with E-state index in [0.717, 1.165) is 13.1 Å². The van der Waals surface area contributed by atoms with E-state index in [1.54, 1.807) is 0 Å². The molecule has 1 rings (SSSR count). The van der Waals surface area contributed by atoms with Crippen LogP contribution in [-0.4, -0.2) is 17.4 Å². The zero-order chi connectivity index (χ0) is 11.9. The minimum atomic E-state index is -0.750. The van der Waals surface area contributed by atoms with Crippen molar-refractivity contribution in [1.29, 1.82) is 0 Å². The Morgan fingerprint density at radius 1 is 0.800 bits per heavy atom. The second kappa shape index (κ2) is 16.5. The Balaban J connectivity index is 0. The highest BCUT2D eigenvalue weighted by atomic mass is 35.6. The number of hydrogen-bond acceptors (Lipinski definition) is 1. The number of rotatable bonds is 2. The molecule has 15 heavy (non-hydrogen) atoms. The van der Waals surface area contributed by atoms with Crippen molar-refractivity contribution in [3.05, 3.63) is 36.4 Å². The fraction of sp³-hybridized carbons (Fsp3) is 0.455. The summed E-state index contributed by atoms with van der Waals surface area (Å²) < 4.78 is -0.750. The topological polar surface area (TPSA) is 12.0 Å². The van der Waals surface area contributed by atoms with Gasteiger partial charge in [-0.1, -0.05) is 85.0 Å². The average molecular weight is 271 g/mol. The molecule has 0 aliphatic carbocycles. The van der Waals surface area contributed by atoms with Crippen LogP contribution >= 0.6 is 34.8 Å². The fourth-order valence-electron chi connectivity index (χ4n) is 0.635. The lowest BCUT2D eigenvalue weighted by molar-refractivity contribution is 0.762. The first-order valence-corrected chi connectivity index (χ1v) is 6.09. The normalized spacial score (nSPS) is 8.40. The largest absolute Gasteiger partial charge is 0.317 e. The molecule has 0 saturated carbocycles. The molecule has 88 valence electrons. The van der Waals surface area contributed by atoms with Crippen molar-refractivity contribution >= 4 is 34.8 Å². The Morgan fingerprint density at radius 3 is 1.07 bits per heavy atom. The van der Waals surface area contributed by atoms with Crippen LogP contribution in [0.1, 0.15) is 13.8 Å². The maximum absolute atomic E-state index is 4.81. The highest BCUT2D eigenvalue weighted by molar-refractivity contribution is 6.63. The van der Waals surface area contributed by atoms with Gasteiger partial charge in [-0.25, -0.2) is 0 Å². The number of alkyl halides is 3. The standard InChI is InChI=1S/C6H6.C4H11N.CHCl3/c1-2-4-6-5-3-1;1-3-5-4-2;2-1(3)4/h1-6H;5H,3-4H2,1-2H3;1H. The van der Waals surface area contributed by atoms with Gasteiger partial charge >= 0.3 is 0 Å².